The fraction of sp³-hybridized carbons (Fsp3) is 0.400. The van der Waals surface area contributed by atoms with Crippen molar-refractivity contribution in [3.05, 3.63) is 16.7 Å². The number of pyridine rings is 1. The maximum Gasteiger partial charge on any atom is 0.224 e. The zero-order valence-electron chi connectivity index (χ0n) is 9.25. The van der Waals surface area contributed by atoms with E-state index in [4.69, 9.17) is 11.5 Å². The highest BCUT2D eigenvalue weighted by atomic mass is 79.9. The molecule has 0 atom stereocenters. The SMILES string of the molecule is CC(C)(CNc1ncc(N)cc1Br)C(N)=O. The van der Waals surface area contributed by atoms with Gasteiger partial charge < -0.3 is 16.8 Å². The molecule has 1 rings (SSSR count). The largest absolute Gasteiger partial charge is 0.397 e. The predicted molar refractivity (Wildman–Crippen MR) is 67.8 cm³/mol. The van der Waals surface area contributed by atoms with Crippen LogP contribution in [0.1, 0.15) is 13.8 Å². The second-order valence-corrected chi connectivity index (χ2v) is 5.06. The summed E-state index contributed by atoms with van der Waals surface area (Å²) in [5, 5.41) is 3.05. The number of amides is 1. The Hall–Kier alpha value is -1.30. The van der Waals surface area contributed by atoms with Gasteiger partial charge in [0.05, 0.1) is 21.8 Å². The Balaban J connectivity index is 2.72. The van der Waals surface area contributed by atoms with E-state index < -0.39 is 5.41 Å². The molecule has 0 saturated carbocycles. The van der Waals surface area contributed by atoms with Crippen LogP contribution in [-0.4, -0.2) is 17.4 Å². The summed E-state index contributed by atoms with van der Waals surface area (Å²) >= 11 is 3.33. The molecule has 0 spiro atoms. The van der Waals surface area contributed by atoms with Gasteiger partial charge in [0.1, 0.15) is 5.82 Å². The van der Waals surface area contributed by atoms with Gasteiger partial charge in [0.25, 0.3) is 0 Å². The first-order valence-corrected chi connectivity index (χ1v) is 5.57. The summed E-state index contributed by atoms with van der Waals surface area (Å²) < 4.78 is 0.757. The summed E-state index contributed by atoms with van der Waals surface area (Å²) in [6.45, 7) is 3.96. The van der Waals surface area contributed by atoms with Crippen molar-refractivity contribution in [2.45, 2.75) is 13.8 Å². The molecule has 1 heterocycles. The number of primary amides is 1. The van der Waals surface area contributed by atoms with Crippen LogP contribution in [-0.2, 0) is 4.79 Å². The van der Waals surface area contributed by atoms with Crippen molar-refractivity contribution in [3.8, 4) is 0 Å². The van der Waals surface area contributed by atoms with Gasteiger partial charge in [-0.25, -0.2) is 4.98 Å². The average Bonchev–Trinajstić information content (AvgIpc) is 2.16. The van der Waals surface area contributed by atoms with E-state index in [0.29, 0.717) is 18.1 Å². The van der Waals surface area contributed by atoms with Gasteiger partial charge in [-0.05, 0) is 35.8 Å². The highest BCUT2D eigenvalue weighted by molar-refractivity contribution is 9.10. The fourth-order valence-corrected chi connectivity index (χ4v) is 1.48. The van der Waals surface area contributed by atoms with Crippen LogP contribution >= 0.6 is 15.9 Å². The number of anilines is 2. The third kappa shape index (κ3) is 3.10. The van der Waals surface area contributed by atoms with E-state index in [1.165, 1.54) is 0 Å². The Kier molecular flexibility index (Phi) is 3.74. The van der Waals surface area contributed by atoms with Gasteiger partial charge in [0.2, 0.25) is 5.91 Å². The quantitative estimate of drug-likeness (QED) is 0.779. The molecule has 6 heteroatoms. The molecule has 5 nitrogen and oxygen atoms in total. The van der Waals surface area contributed by atoms with Crippen LogP contribution in [0.25, 0.3) is 0 Å². The summed E-state index contributed by atoms with van der Waals surface area (Å²) in [5.74, 6) is 0.287. The Labute approximate surface area is 103 Å². The number of carbonyl (C=O) groups is 1. The lowest BCUT2D eigenvalue weighted by Gasteiger charge is -2.21. The van der Waals surface area contributed by atoms with Gasteiger partial charge in [0, 0.05) is 6.54 Å². The molecule has 0 radical (unpaired) electrons. The lowest BCUT2D eigenvalue weighted by Crippen LogP contribution is -2.37. The fourth-order valence-electron chi connectivity index (χ4n) is 0.975. The number of hydrogen-bond acceptors (Lipinski definition) is 4. The smallest absolute Gasteiger partial charge is 0.224 e. The van der Waals surface area contributed by atoms with E-state index in [2.05, 4.69) is 26.2 Å². The Morgan fingerprint density at radius 3 is 2.75 bits per heavy atom. The number of nitrogen functional groups attached to an aromatic ring is 1. The lowest BCUT2D eigenvalue weighted by atomic mass is 9.93. The first-order chi connectivity index (χ1) is 7.33. The molecule has 0 aliphatic rings. The standard InChI is InChI=1S/C10H15BrN4O/c1-10(2,9(13)16)5-15-8-7(11)3-6(12)4-14-8/h3-4H,5,12H2,1-2H3,(H2,13,16)(H,14,15). The first kappa shape index (κ1) is 12.8. The van der Waals surface area contributed by atoms with E-state index in [1.807, 2.05) is 0 Å². The van der Waals surface area contributed by atoms with Gasteiger partial charge in [-0.2, -0.15) is 0 Å². The number of hydrogen-bond donors (Lipinski definition) is 3. The van der Waals surface area contributed by atoms with Gasteiger partial charge >= 0.3 is 0 Å². The predicted octanol–water partition coefficient (Wildman–Crippen LogP) is 1.35. The van der Waals surface area contributed by atoms with E-state index in [1.54, 1.807) is 26.1 Å². The van der Waals surface area contributed by atoms with Gasteiger partial charge in [-0.15, -0.1) is 0 Å². The number of carbonyl (C=O) groups excluding carboxylic acids is 1. The number of rotatable bonds is 4. The average molecular weight is 287 g/mol. The third-order valence-corrected chi connectivity index (χ3v) is 2.83. The third-order valence-electron chi connectivity index (χ3n) is 2.23. The monoisotopic (exact) mass is 286 g/mol. The normalized spacial score (nSPS) is 11.2. The summed E-state index contributed by atoms with van der Waals surface area (Å²) in [5.41, 5.74) is 10.8. The van der Waals surface area contributed by atoms with Crippen LogP contribution in [0.2, 0.25) is 0 Å². The van der Waals surface area contributed by atoms with Crippen LogP contribution < -0.4 is 16.8 Å². The Morgan fingerprint density at radius 1 is 1.62 bits per heavy atom. The first-order valence-electron chi connectivity index (χ1n) is 4.78. The minimum absolute atomic E-state index is 0.355. The van der Waals surface area contributed by atoms with E-state index >= 15 is 0 Å². The van der Waals surface area contributed by atoms with Gasteiger partial charge in [0.15, 0.2) is 0 Å². The summed E-state index contributed by atoms with van der Waals surface area (Å²) in [4.78, 5) is 15.2. The highest BCUT2D eigenvalue weighted by Gasteiger charge is 2.24. The number of aromatic nitrogens is 1. The number of nitrogens with zero attached hydrogens (tertiary/aromatic N) is 1. The minimum Gasteiger partial charge on any atom is -0.397 e. The van der Waals surface area contributed by atoms with Crippen molar-refractivity contribution in [2.24, 2.45) is 11.1 Å². The molecule has 0 aliphatic heterocycles. The summed E-state index contributed by atoms with van der Waals surface area (Å²) in [6, 6.07) is 1.74. The Bertz CT molecular complexity index is 406. The van der Waals surface area contributed by atoms with Crippen molar-refractivity contribution < 1.29 is 4.79 Å². The maximum atomic E-state index is 11.1. The van der Waals surface area contributed by atoms with Crippen molar-refractivity contribution in [1.29, 1.82) is 0 Å². The lowest BCUT2D eigenvalue weighted by molar-refractivity contribution is -0.125. The summed E-state index contributed by atoms with van der Waals surface area (Å²) in [7, 11) is 0. The van der Waals surface area contributed by atoms with E-state index in [9.17, 15) is 4.79 Å². The zero-order chi connectivity index (χ0) is 12.3. The van der Waals surface area contributed by atoms with Crippen LogP contribution in [0.4, 0.5) is 11.5 Å². The molecule has 1 amide bonds. The maximum absolute atomic E-state index is 11.1. The Morgan fingerprint density at radius 2 is 2.25 bits per heavy atom. The van der Waals surface area contributed by atoms with E-state index in [0.717, 1.165) is 4.47 Å². The van der Waals surface area contributed by atoms with Gasteiger partial charge in [-0.1, -0.05) is 0 Å². The van der Waals surface area contributed by atoms with Crippen LogP contribution in [0.5, 0.6) is 0 Å². The number of halogens is 1. The van der Waals surface area contributed by atoms with Crippen molar-refractivity contribution in [3.63, 3.8) is 0 Å². The molecular weight excluding hydrogens is 272 g/mol. The van der Waals surface area contributed by atoms with Crippen molar-refractivity contribution in [2.75, 3.05) is 17.6 Å². The van der Waals surface area contributed by atoms with E-state index in [-0.39, 0.29) is 5.91 Å². The molecule has 0 unspecified atom stereocenters. The highest BCUT2D eigenvalue weighted by Crippen LogP contribution is 2.23. The van der Waals surface area contributed by atoms with Crippen molar-refractivity contribution in [1.82, 2.24) is 4.98 Å². The van der Waals surface area contributed by atoms with Crippen LogP contribution in [0.15, 0.2) is 16.7 Å². The molecule has 0 saturated heterocycles. The molecule has 0 bridgehead atoms. The minimum atomic E-state index is -0.623. The molecule has 0 aromatic carbocycles. The molecule has 0 aliphatic carbocycles. The molecule has 88 valence electrons. The molecule has 1 aromatic heterocycles. The van der Waals surface area contributed by atoms with Crippen molar-refractivity contribution >= 4 is 33.3 Å². The molecule has 1 aromatic rings. The second kappa shape index (κ2) is 4.69. The molecule has 0 fully saturated rings. The summed E-state index contributed by atoms with van der Waals surface area (Å²) in [6.07, 6.45) is 1.55. The zero-order valence-corrected chi connectivity index (χ0v) is 10.8. The topological polar surface area (TPSA) is 94.0 Å². The number of nitrogens with two attached hydrogens (primary N) is 2. The molecule has 5 N–H and O–H groups in total. The second-order valence-electron chi connectivity index (χ2n) is 4.20. The molecular formula is C10H15BrN4O. The molecule has 16 heavy (non-hydrogen) atoms. The van der Waals surface area contributed by atoms with Crippen LogP contribution in [0, 0.1) is 5.41 Å². The van der Waals surface area contributed by atoms with Crippen LogP contribution in [0.3, 0.4) is 0 Å². The number of nitrogens with one attached hydrogen (secondary N) is 1. The van der Waals surface area contributed by atoms with Gasteiger partial charge in [-0.3, -0.25) is 4.79 Å².